The van der Waals surface area contributed by atoms with Crippen molar-refractivity contribution in [2.24, 2.45) is 0 Å². The van der Waals surface area contributed by atoms with E-state index in [1.807, 2.05) is 6.07 Å². The van der Waals surface area contributed by atoms with E-state index in [0.29, 0.717) is 36.3 Å². The van der Waals surface area contributed by atoms with Gasteiger partial charge in [0.1, 0.15) is 0 Å². The van der Waals surface area contributed by atoms with Crippen LogP contribution >= 0.6 is 11.6 Å². The molecular weight excluding hydrogens is 376 g/mol. The van der Waals surface area contributed by atoms with E-state index >= 15 is 0 Å². The van der Waals surface area contributed by atoms with E-state index in [1.54, 1.807) is 6.07 Å². The molecule has 0 saturated carbocycles. The van der Waals surface area contributed by atoms with Crippen LogP contribution in [-0.4, -0.2) is 32.7 Å². The predicted molar refractivity (Wildman–Crippen MR) is 111 cm³/mol. The molecule has 1 N–H and O–H groups in total. The minimum Gasteiger partial charge on any atom is -0.489 e. The van der Waals surface area contributed by atoms with Gasteiger partial charge in [-0.2, -0.15) is 0 Å². The van der Waals surface area contributed by atoms with Crippen LogP contribution in [-0.2, 0) is 24.2 Å². The first-order valence-corrected chi connectivity index (χ1v) is 10.2. The Bertz CT molecular complexity index is 884. The molecule has 0 atom stereocenters. The number of aryl methyl sites for hydroxylation is 1. The molecule has 2 aliphatic heterocycles. The van der Waals surface area contributed by atoms with Crippen molar-refractivity contribution in [2.75, 3.05) is 31.7 Å². The summed E-state index contributed by atoms with van der Waals surface area (Å²) in [7, 11) is 2.12. The van der Waals surface area contributed by atoms with Crippen LogP contribution in [0.15, 0.2) is 30.3 Å². The van der Waals surface area contributed by atoms with E-state index in [9.17, 15) is 4.79 Å². The number of amides is 1. The summed E-state index contributed by atoms with van der Waals surface area (Å²) in [5.74, 6) is 1.15. The number of fused-ring (bicyclic) bond motifs is 2. The fourth-order valence-electron chi connectivity index (χ4n) is 3.78. The lowest BCUT2D eigenvalue weighted by Crippen LogP contribution is -2.26. The first-order valence-electron chi connectivity index (χ1n) is 9.78. The van der Waals surface area contributed by atoms with E-state index in [1.165, 1.54) is 17.7 Å². The lowest BCUT2D eigenvalue weighted by atomic mass is 9.99. The van der Waals surface area contributed by atoms with Crippen LogP contribution in [0.2, 0.25) is 5.02 Å². The normalized spacial score (nSPS) is 15.6. The minimum absolute atomic E-state index is 0.0413. The van der Waals surface area contributed by atoms with Gasteiger partial charge in [0.15, 0.2) is 11.5 Å². The minimum atomic E-state index is -0.0413. The zero-order valence-electron chi connectivity index (χ0n) is 16.1. The lowest BCUT2D eigenvalue weighted by Gasteiger charge is -2.27. The van der Waals surface area contributed by atoms with Gasteiger partial charge in [0.05, 0.1) is 24.7 Å². The molecule has 2 aliphatic rings. The number of anilines is 1. The number of ether oxygens (including phenoxy) is 2. The Balaban J connectivity index is 1.39. The Labute approximate surface area is 170 Å². The van der Waals surface area contributed by atoms with Crippen molar-refractivity contribution in [1.29, 1.82) is 0 Å². The van der Waals surface area contributed by atoms with Gasteiger partial charge in [-0.25, -0.2) is 0 Å². The standard InChI is InChI=1S/C22H25ClN2O3/c1-25-7-2-4-17-10-15(5-6-19(17)25)14-24-21(26)13-16-11-18(23)22-20(12-16)27-8-3-9-28-22/h5-6,10-12H,2-4,7-9,13-14H2,1H3,(H,24,26). The zero-order valence-corrected chi connectivity index (χ0v) is 16.8. The fourth-order valence-corrected chi connectivity index (χ4v) is 4.07. The quantitative estimate of drug-likeness (QED) is 0.849. The summed E-state index contributed by atoms with van der Waals surface area (Å²) in [5.41, 5.74) is 4.59. The molecule has 0 spiro atoms. The largest absolute Gasteiger partial charge is 0.489 e. The van der Waals surface area contributed by atoms with Gasteiger partial charge in [0.25, 0.3) is 0 Å². The van der Waals surface area contributed by atoms with Crippen LogP contribution in [0.4, 0.5) is 5.69 Å². The molecule has 0 saturated heterocycles. The van der Waals surface area contributed by atoms with E-state index in [4.69, 9.17) is 21.1 Å². The molecule has 0 unspecified atom stereocenters. The second-order valence-corrected chi connectivity index (χ2v) is 7.80. The number of carbonyl (C=O) groups is 1. The third-order valence-electron chi connectivity index (χ3n) is 5.21. The molecule has 2 heterocycles. The van der Waals surface area contributed by atoms with Gasteiger partial charge in [0.2, 0.25) is 5.91 Å². The van der Waals surface area contributed by atoms with Crippen LogP contribution in [0.1, 0.15) is 29.5 Å². The fraction of sp³-hybridized carbons (Fsp3) is 0.409. The maximum absolute atomic E-state index is 12.4. The first kappa shape index (κ1) is 18.9. The van der Waals surface area contributed by atoms with Gasteiger partial charge in [-0.15, -0.1) is 0 Å². The van der Waals surface area contributed by atoms with Crippen LogP contribution in [0.5, 0.6) is 11.5 Å². The third-order valence-corrected chi connectivity index (χ3v) is 5.49. The van der Waals surface area contributed by atoms with E-state index in [2.05, 4.69) is 35.5 Å². The van der Waals surface area contributed by atoms with Crippen molar-refractivity contribution in [3.63, 3.8) is 0 Å². The number of hydrogen-bond acceptors (Lipinski definition) is 4. The molecule has 4 rings (SSSR count). The maximum Gasteiger partial charge on any atom is 0.224 e. The van der Waals surface area contributed by atoms with Gasteiger partial charge in [-0.05, 0) is 47.7 Å². The van der Waals surface area contributed by atoms with Crippen molar-refractivity contribution < 1.29 is 14.3 Å². The van der Waals surface area contributed by atoms with Crippen LogP contribution in [0.25, 0.3) is 0 Å². The molecule has 1 amide bonds. The molecular formula is C22H25ClN2O3. The van der Waals surface area contributed by atoms with Crippen LogP contribution in [0, 0.1) is 0 Å². The highest BCUT2D eigenvalue weighted by Crippen LogP contribution is 2.38. The number of rotatable bonds is 4. The van der Waals surface area contributed by atoms with Crippen molar-refractivity contribution in [3.8, 4) is 11.5 Å². The molecule has 2 aromatic rings. The summed E-state index contributed by atoms with van der Waals surface area (Å²) in [6.07, 6.45) is 3.34. The molecule has 28 heavy (non-hydrogen) atoms. The lowest BCUT2D eigenvalue weighted by molar-refractivity contribution is -0.120. The SMILES string of the molecule is CN1CCCc2cc(CNC(=O)Cc3cc(Cl)c4c(c3)OCCCO4)ccc21. The topological polar surface area (TPSA) is 50.8 Å². The molecule has 0 aliphatic carbocycles. The molecule has 0 fully saturated rings. The molecule has 6 heteroatoms. The number of hydrogen-bond donors (Lipinski definition) is 1. The molecule has 0 bridgehead atoms. The van der Waals surface area contributed by atoms with Gasteiger partial charge >= 0.3 is 0 Å². The zero-order chi connectivity index (χ0) is 19.5. The molecule has 2 aromatic carbocycles. The van der Waals surface area contributed by atoms with Crippen molar-refractivity contribution in [3.05, 3.63) is 52.0 Å². The van der Waals surface area contributed by atoms with Gasteiger partial charge in [-0.1, -0.05) is 23.7 Å². The van der Waals surface area contributed by atoms with Crippen molar-refractivity contribution in [2.45, 2.75) is 32.2 Å². The van der Waals surface area contributed by atoms with Crippen LogP contribution < -0.4 is 19.7 Å². The van der Waals surface area contributed by atoms with Gasteiger partial charge in [-0.3, -0.25) is 4.79 Å². The second-order valence-electron chi connectivity index (χ2n) is 7.40. The van der Waals surface area contributed by atoms with E-state index < -0.39 is 0 Å². The number of halogens is 1. The monoisotopic (exact) mass is 400 g/mol. The summed E-state index contributed by atoms with van der Waals surface area (Å²) in [6, 6.07) is 10.1. The summed E-state index contributed by atoms with van der Waals surface area (Å²) >= 11 is 6.31. The Morgan fingerprint density at radius 3 is 2.89 bits per heavy atom. The Morgan fingerprint density at radius 2 is 2.00 bits per heavy atom. The summed E-state index contributed by atoms with van der Waals surface area (Å²) in [6.45, 7) is 2.80. The van der Waals surface area contributed by atoms with E-state index in [0.717, 1.165) is 30.5 Å². The van der Waals surface area contributed by atoms with Crippen molar-refractivity contribution in [1.82, 2.24) is 5.32 Å². The molecule has 5 nitrogen and oxygen atoms in total. The Hall–Kier alpha value is -2.40. The second kappa shape index (κ2) is 8.31. The highest BCUT2D eigenvalue weighted by molar-refractivity contribution is 6.32. The average Bonchev–Trinajstić information content (AvgIpc) is 2.92. The molecule has 148 valence electrons. The maximum atomic E-state index is 12.4. The molecule has 0 aromatic heterocycles. The van der Waals surface area contributed by atoms with E-state index in [-0.39, 0.29) is 12.3 Å². The summed E-state index contributed by atoms with van der Waals surface area (Å²) in [4.78, 5) is 14.7. The Morgan fingerprint density at radius 1 is 1.14 bits per heavy atom. The number of carbonyl (C=O) groups excluding carboxylic acids is 1. The number of nitrogens with zero attached hydrogens (tertiary/aromatic N) is 1. The summed E-state index contributed by atoms with van der Waals surface area (Å²) < 4.78 is 11.3. The smallest absolute Gasteiger partial charge is 0.224 e. The predicted octanol–water partition coefficient (Wildman–Crippen LogP) is 3.74. The number of nitrogens with one attached hydrogen (secondary N) is 1. The third kappa shape index (κ3) is 4.20. The van der Waals surface area contributed by atoms with Crippen LogP contribution in [0.3, 0.4) is 0 Å². The van der Waals surface area contributed by atoms with Gasteiger partial charge < -0.3 is 19.7 Å². The highest BCUT2D eigenvalue weighted by atomic mass is 35.5. The van der Waals surface area contributed by atoms with Crippen molar-refractivity contribution >= 4 is 23.2 Å². The molecule has 0 radical (unpaired) electrons. The van der Waals surface area contributed by atoms with Gasteiger partial charge in [0, 0.05) is 32.2 Å². The summed E-state index contributed by atoms with van der Waals surface area (Å²) in [5, 5.41) is 3.50. The Kier molecular flexibility index (Phi) is 5.62. The first-order chi connectivity index (χ1) is 13.6. The highest BCUT2D eigenvalue weighted by Gasteiger charge is 2.17. The number of benzene rings is 2. The average molecular weight is 401 g/mol.